The second-order valence-electron chi connectivity index (χ2n) is 5.33. The van der Waals surface area contributed by atoms with Crippen molar-refractivity contribution in [3.63, 3.8) is 0 Å². The van der Waals surface area contributed by atoms with Crippen LogP contribution in [0.3, 0.4) is 0 Å². The summed E-state index contributed by atoms with van der Waals surface area (Å²) in [6.45, 7) is 11.9. The summed E-state index contributed by atoms with van der Waals surface area (Å²) in [5, 5.41) is 0. The Hall–Kier alpha value is -0.0800. The Morgan fingerprint density at radius 2 is 1.50 bits per heavy atom. The summed E-state index contributed by atoms with van der Waals surface area (Å²) >= 11 is 0. The number of hydrogen-bond donors (Lipinski definition) is 1. The molecule has 0 spiro atoms. The van der Waals surface area contributed by atoms with Crippen molar-refractivity contribution in [1.29, 1.82) is 0 Å². The van der Waals surface area contributed by atoms with E-state index in [1.54, 1.807) is 0 Å². The van der Waals surface area contributed by atoms with Crippen molar-refractivity contribution in [3.8, 4) is 0 Å². The normalized spacial score (nSPS) is 14.0. The van der Waals surface area contributed by atoms with Crippen molar-refractivity contribution in [1.82, 2.24) is 4.90 Å². The third-order valence-corrected chi connectivity index (χ3v) is 2.24. The first-order valence-corrected chi connectivity index (χ1v) is 4.63. The van der Waals surface area contributed by atoms with Gasteiger partial charge in [-0.05, 0) is 48.1 Å². The molecule has 0 atom stereocenters. The van der Waals surface area contributed by atoms with Crippen LogP contribution in [-0.2, 0) is 0 Å². The monoisotopic (exact) mass is 172 g/mol. The molecule has 0 aliphatic rings. The van der Waals surface area contributed by atoms with Gasteiger partial charge in [0.05, 0.1) is 0 Å². The Morgan fingerprint density at radius 3 is 1.75 bits per heavy atom. The van der Waals surface area contributed by atoms with Crippen molar-refractivity contribution in [3.05, 3.63) is 0 Å². The highest BCUT2D eigenvalue weighted by Crippen LogP contribution is 2.13. The van der Waals surface area contributed by atoms with Crippen LogP contribution in [-0.4, -0.2) is 29.6 Å². The highest BCUT2D eigenvalue weighted by atomic mass is 15.2. The number of nitrogens with zero attached hydrogens (tertiary/aromatic N) is 1. The van der Waals surface area contributed by atoms with Gasteiger partial charge in [-0.3, -0.25) is 0 Å². The lowest BCUT2D eigenvalue weighted by Gasteiger charge is -2.33. The summed E-state index contributed by atoms with van der Waals surface area (Å²) in [5.74, 6) is 0. The molecular formula is C10H24N2. The third kappa shape index (κ3) is 5.56. The van der Waals surface area contributed by atoms with Gasteiger partial charge in [0, 0.05) is 17.6 Å². The fourth-order valence-corrected chi connectivity index (χ4v) is 0.791. The van der Waals surface area contributed by atoms with E-state index < -0.39 is 0 Å². The van der Waals surface area contributed by atoms with Crippen molar-refractivity contribution >= 4 is 0 Å². The fourth-order valence-electron chi connectivity index (χ4n) is 0.791. The lowest BCUT2D eigenvalue weighted by molar-refractivity contribution is 0.163. The maximum Gasteiger partial charge on any atom is 0.0122 e. The zero-order chi connectivity index (χ0) is 9.99. The van der Waals surface area contributed by atoms with Gasteiger partial charge >= 0.3 is 0 Å². The standard InChI is InChI=1S/C10H24N2/c1-9(2,3)12(6)8-7-10(4,5)11/h7-8,11H2,1-6H3. The van der Waals surface area contributed by atoms with E-state index in [0.717, 1.165) is 13.0 Å². The summed E-state index contributed by atoms with van der Waals surface area (Å²) < 4.78 is 0. The second-order valence-corrected chi connectivity index (χ2v) is 5.33. The van der Waals surface area contributed by atoms with E-state index in [1.165, 1.54) is 0 Å². The van der Waals surface area contributed by atoms with Crippen LogP contribution in [0.5, 0.6) is 0 Å². The smallest absolute Gasteiger partial charge is 0.0122 e. The summed E-state index contributed by atoms with van der Waals surface area (Å²) in [6, 6.07) is 0. The second kappa shape index (κ2) is 3.75. The van der Waals surface area contributed by atoms with Crippen molar-refractivity contribution < 1.29 is 0 Å². The fraction of sp³-hybridized carbons (Fsp3) is 1.00. The average molecular weight is 172 g/mol. The van der Waals surface area contributed by atoms with Crippen LogP contribution in [0, 0.1) is 0 Å². The minimum absolute atomic E-state index is 0.0422. The molecule has 2 nitrogen and oxygen atoms in total. The SMILES string of the molecule is CN(CCC(C)(C)N)C(C)(C)C. The topological polar surface area (TPSA) is 29.3 Å². The number of nitrogens with two attached hydrogens (primary N) is 1. The molecule has 0 fully saturated rings. The molecule has 0 saturated heterocycles. The molecule has 0 aromatic heterocycles. The molecular weight excluding hydrogens is 148 g/mol. The van der Waals surface area contributed by atoms with E-state index in [9.17, 15) is 0 Å². The molecule has 12 heavy (non-hydrogen) atoms. The van der Waals surface area contributed by atoms with Gasteiger partial charge in [-0.25, -0.2) is 0 Å². The average Bonchev–Trinajstić information content (AvgIpc) is 1.78. The van der Waals surface area contributed by atoms with E-state index in [1.807, 2.05) is 0 Å². The van der Waals surface area contributed by atoms with Crippen LogP contribution in [0.15, 0.2) is 0 Å². The van der Waals surface area contributed by atoms with Crippen LogP contribution < -0.4 is 5.73 Å². The van der Waals surface area contributed by atoms with Gasteiger partial charge in [-0.1, -0.05) is 0 Å². The van der Waals surface area contributed by atoms with Gasteiger partial charge in [0.15, 0.2) is 0 Å². The first-order valence-electron chi connectivity index (χ1n) is 4.63. The van der Waals surface area contributed by atoms with Crippen LogP contribution in [0.4, 0.5) is 0 Å². The summed E-state index contributed by atoms with van der Waals surface area (Å²) in [7, 11) is 2.14. The molecule has 2 N–H and O–H groups in total. The van der Waals surface area contributed by atoms with Crippen LogP contribution in [0.2, 0.25) is 0 Å². The molecule has 2 heteroatoms. The quantitative estimate of drug-likeness (QED) is 0.704. The maximum atomic E-state index is 5.90. The Bertz CT molecular complexity index is 128. The zero-order valence-electron chi connectivity index (χ0n) is 9.44. The van der Waals surface area contributed by atoms with Gasteiger partial charge in [0.25, 0.3) is 0 Å². The predicted octanol–water partition coefficient (Wildman–Crippen LogP) is 1.84. The minimum atomic E-state index is -0.0422. The predicted molar refractivity (Wildman–Crippen MR) is 55.3 cm³/mol. The zero-order valence-corrected chi connectivity index (χ0v) is 9.44. The molecule has 0 aliphatic carbocycles. The van der Waals surface area contributed by atoms with Crippen molar-refractivity contribution in [2.75, 3.05) is 13.6 Å². The van der Waals surface area contributed by atoms with E-state index in [-0.39, 0.29) is 11.1 Å². The van der Waals surface area contributed by atoms with E-state index in [2.05, 4.69) is 46.6 Å². The first kappa shape index (κ1) is 11.9. The number of hydrogen-bond acceptors (Lipinski definition) is 2. The molecule has 0 unspecified atom stereocenters. The van der Waals surface area contributed by atoms with Crippen molar-refractivity contribution in [2.24, 2.45) is 5.73 Å². The Kier molecular flexibility index (Phi) is 3.73. The molecule has 0 radical (unpaired) electrons. The molecule has 0 aromatic carbocycles. The lowest BCUT2D eigenvalue weighted by atomic mass is 10.00. The Balaban J connectivity index is 3.80. The summed E-state index contributed by atoms with van der Waals surface area (Å²) in [4.78, 5) is 2.33. The molecule has 0 rings (SSSR count). The highest BCUT2D eigenvalue weighted by molar-refractivity contribution is 4.78. The van der Waals surface area contributed by atoms with Crippen molar-refractivity contribution in [2.45, 2.75) is 52.1 Å². The van der Waals surface area contributed by atoms with E-state index in [0.29, 0.717) is 0 Å². The molecule has 0 bridgehead atoms. The summed E-state index contributed by atoms with van der Waals surface area (Å²) in [6.07, 6.45) is 1.04. The largest absolute Gasteiger partial charge is 0.326 e. The molecule has 0 amide bonds. The molecule has 74 valence electrons. The first-order chi connectivity index (χ1) is 5.13. The van der Waals surface area contributed by atoms with Crippen LogP contribution in [0.25, 0.3) is 0 Å². The van der Waals surface area contributed by atoms with Crippen LogP contribution in [0.1, 0.15) is 41.0 Å². The minimum Gasteiger partial charge on any atom is -0.326 e. The molecule has 0 aromatic rings. The maximum absolute atomic E-state index is 5.90. The van der Waals surface area contributed by atoms with Crippen LogP contribution >= 0.6 is 0 Å². The van der Waals surface area contributed by atoms with Gasteiger partial charge in [-0.15, -0.1) is 0 Å². The lowest BCUT2D eigenvalue weighted by Crippen LogP contribution is -2.43. The Labute approximate surface area is 77.1 Å². The van der Waals surface area contributed by atoms with Gasteiger partial charge < -0.3 is 10.6 Å². The summed E-state index contributed by atoms with van der Waals surface area (Å²) in [5.41, 5.74) is 6.11. The highest BCUT2D eigenvalue weighted by Gasteiger charge is 2.19. The molecule has 0 aliphatic heterocycles. The number of rotatable bonds is 3. The molecule has 0 heterocycles. The molecule has 0 saturated carbocycles. The van der Waals surface area contributed by atoms with Gasteiger partial charge in [0.1, 0.15) is 0 Å². The Morgan fingerprint density at radius 1 is 1.08 bits per heavy atom. The van der Waals surface area contributed by atoms with E-state index in [4.69, 9.17) is 5.73 Å². The third-order valence-electron chi connectivity index (χ3n) is 2.24. The van der Waals surface area contributed by atoms with Gasteiger partial charge in [0.2, 0.25) is 0 Å². The van der Waals surface area contributed by atoms with E-state index >= 15 is 0 Å². The van der Waals surface area contributed by atoms with Gasteiger partial charge in [-0.2, -0.15) is 0 Å².